The zero-order valence-electron chi connectivity index (χ0n) is 17.7. The molecule has 0 saturated heterocycles. The number of amides is 1. The van der Waals surface area contributed by atoms with Crippen LogP contribution >= 0.6 is 58.2 Å². The molecule has 1 atom stereocenters. The summed E-state index contributed by atoms with van der Waals surface area (Å²) in [4.78, 5) is 12.9. The summed E-state index contributed by atoms with van der Waals surface area (Å²) in [7, 11) is 0. The van der Waals surface area contributed by atoms with Gasteiger partial charge in [-0.05, 0) is 48.7 Å². The van der Waals surface area contributed by atoms with Gasteiger partial charge in [0.15, 0.2) is 11.0 Å². The van der Waals surface area contributed by atoms with Crippen LogP contribution in [0.3, 0.4) is 0 Å². The van der Waals surface area contributed by atoms with Gasteiger partial charge in [-0.15, -0.1) is 10.2 Å². The van der Waals surface area contributed by atoms with Crippen molar-refractivity contribution in [3.63, 3.8) is 0 Å². The summed E-state index contributed by atoms with van der Waals surface area (Å²) in [6.45, 7) is 6.72. The fourth-order valence-electron chi connectivity index (χ4n) is 3.13. The Morgan fingerprint density at radius 1 is 1.03 bits per heavy atom. The van der Waals surface area contributed by atoms with E-state index in [0.717, 1.165) is 10.7 Å². The highest BCUT2D eigenvalue weighted by Gasteiger charge is 2.26. The molecule has 170 valence electrons. The van der Waals surface area contributed by atoms with Crippen LogP contribution in [-0.4, -0.2) is 20.7 Å². The third-order valence-electron chi connectivity index (χ3n) is 4.82. The lowest BCUT2D eigenvalue weighted by Gasteiger charge is -2.23. The summed E-state index contributed by atoms with van der Waals surface area (Å²) in [5.74, 6) is 1.14. The van der Waals surface area contributed by atoms with E-state index in [2.05, 4.69) is 15.5 Å². The molecule has 0 fully saturated rings. The van der Waals surface area contributed by atoms with E-state index < -0.39 is 0 Å². The number of hydrogen-bond donors (Lipinski definition) is 1. The number of benzene rings is 2. The lowest BCUT2D eigenvalue weighted by molar-refractivity contribution is 0.0922. The second-order valence-electron chi connectivity index (χ2n) is 7.44. The number of hydrogen-bond acceptors (Lipinski definition) is 4. The van der Waals surface area contributed by atoms with Crippen LogP contribution in [0.5, 0.6) is 0 Å². The smallest absolute Gasteiger partial charge is 0.253 e. The molecular weight excluding hydrogens is 510 g/mol. The highest BCUT2D eigenvalue weighted by molar-refractivity contribution is 7.98. The van der Waals surface area contributed by atoms with E-state index in [1.165, 1.54) is 0 Å². The summed E-state index contributed by atoms with van der Waals surface area (Å²) >= 11 is 25.8. The first-order valence-corrected chi connectivity index (χ1v) is 12.5. The van der Waals surface area contributed by atoms with Crippen molar-refractivity contribution in [3.05, 3.63) is 73.4 Å². The zero-order chi connectivity index (χ0) is 23.4. The minimum Gasteiger partial charge on any atom is -0.342 e. The minimum atomic E-state index is -0.346. The van der Waals surface area contributed by atoms with Gasteiger partial charge in [0.2, 0.25) is 0 Å². The third-order valence-corrected chi connectivity index (χ3v) is 7.15. The maximum Gasteiger partial charge on any atom is 0.253 e. The third kappa shape index (κ3) is 5.91. The van der Waals surface area contributed by atoms with Gasteiger partial charge in [-0.2, -0.15) is 0 Å². The molecule has 32 heavy (non-hydrogen) atoms. The summed E-state index contributed by atoms with van der Waals surface area (Å²) in [6.07, 6.45) is 0. The SMILES string of the molecule is CCn1c(SCc2ccc(Cl)c(Cl)c2)nnc1[C@H](NC(=O)c1ccc(Cl)cc1Cl)C(C)C. The normalized spacial score (nSPS) is 12.2. The molecule has 0 unspecified atom stereocenters. The topological polar surface area (TPSA) is 59.8 Å². The molecule has 10 heteroatoms. The van der Waals surface area contributed by atoms with Gasteiger partial charge in [0, 0.05) is 17.3 Å². The van der Waals surface area contributed by atoms with Gasteiger partial charge < -0.3 is 9.88 Å². The molecule has 0 saturated carbocycles. The first-order chi connectivity index (χ1) is 15.2. The number of carbonyl (C=O) groups excluding carboxylic acids is 1. The van der Waals surface area contributed by atoms with E-state index in [1.54, 1.807) is 36.0 Å². The predicted molar refractivity (Wildman–Crippen MR) is 133 cm³/mol. The van der Waals surface area contributed by atoms with E-state index in [1.807, 2.05) is 37.5 Å². The van der Waals surface area contributed by atoms with Crippen molar-refractivity contribution in [1.29, 1.82) is 0 Å². The first kappa shape index (κ1) is 25.2. The fourth-order valence-corrected chi connectivity index (χ4v) is 4.90. The maximum absolute atomic E-state index is 12.9. The number of carbonyl (C=O) groups is 1. The van der Waals surface area contributed by atoms with Crippen molar-refractivity contribution in [2.24, 2.45) is 5.92 Å². The zero-order valence-corrected chi connectivity index (χ0v) is 21.5. The van der Waals surface area contributed by atoms with E-state index in [4.69, 9.17) is 46.4 Å². The number of nitrogens with zero attached hydrogens (tertiary/aromatic N) is 3. The van der Waals surface area contributed by atoms with Crippen molar-refractivity contribution >= 4 is 64.1 Å². The highest BCUT2D eigenvalue weighted by atomic mass is 35.5. The van der Waals surface area contributed by atoms with E-state index in [-0.39, 0.29) is 17.9 Å². The van der Waals surface area contributed by atoms with Crippen LogP contribution in [0.4, 0.5) is 0 Å². The van der Waals surface area contributed by atoms with Gasteiger partial charge in [0.1, 0.15) is 0 Å². The molecule has 5 nitrogen and oxygen atoms in total. The Labute approximate surface area is 211 Å². The van der Waals surface area contributed by atoms with Gasteiger partial charge >= 0.3 is 0 Å². The standard InChI is InChI=1S/C22H22Cl4N4OS/c1-4-30-20(28-29-22(30)32-11-13-5-8-16(24)18(26)9-13)19(12(2)3)27-21(31)15-7-6-14(23)10-17(15)25/h5-10,12,19H,4,11H2,1-3H3,(H,27,31)/t19-/m1/s1. The van der Waals surface area contributed by atoms with Gasteiger partial charge in [-0.1, -0.05) is 78.1 Å². The Kier molecular flexibility index (Phi) is 8.75. The summed E-state index contributed by atoms with van der Waals surface area (Å²) in [5, 5.41) is 14.4. The molecule has 0 bridgehead atoms. The quantitative estimate of drug-likeness (QED) is 0.309. The Balaban J connectivity index is 1.81. The molecule has 0 aliphatic heterocycles. The molecule has 0 aliphatic rings. The lowest BCUT2D eigenvalue weighted by atomic mass is 10.0. The molecular formula is C22H22Cl4N4OS. The minimum absolute atomic E-state index is 0.0763. The fraction of sp³-hybridized carbons (Fsp3) is 0.318. The average Bonchev–Trinajstić information content (AvgIpc) is 3.14. The number of nitrogens with one attached hydrogen (secondary N) is 1. The predicted octanol–water partition coefficient (Wildman–Crippen LogP) is 7.33. The molecule has 2 aromatic carbocycles. The van der Waals surface area contributed by atoms with Crippen LogP contribution in [0.15, 0.2) is 41.6 Å². The Bertz CT molecular complexity index is 1120. The van der Waals surface area contributed by atoms with Gasteiger partial charge in [-0.25, -0.2) is 0 Å². The molecule has 1 N–H and O–H groups in total. The first-order valence-electron chi connectivity index (χ1n) is 9.97. The second-order valence-corrected chi connectivity index (χ2v) is 10.0. The van der Waals surface area contributed by atoms with Crippen LogP contribution in [0, 0.1) is 5.92 Å². The molecule has 0 spiro atoms. The lowest BCUT2D eigenvalue weighted by Crippen LogP contribution is -2.34. The molecule has 0 aliphatic carbocycles. The second kappa shape index (κ2) is 11.1. The van der Waals surface area contributed by atoms with E-state index >= 15 is 0 Å². The molecule has 1 aromatic heterocycles. The average molecular weight is 532 g/mol. The molecule has 1 heterocycles. The number of thioether (sulfide) groups is 1. The van der Waals surface area contributed by atoms with Gasteiger partial charge in [-0.3, -0.25) is 4.79 Å². The monoisotopic (exact) mass is 530 g/mol. The Morgan fingerprint density at radius 2 is 1.78 bits per heavy atom. The Hall–Kier alpha value is -1.44. The summed E-state index contributed by atoms with van der Waals surface area (Å²) < 4.78 is 2.01. The molecule has 3 rings (SSSR count). The number of halogens is 4. The Morgan fingerprint density at radius 3 is 2.41 bits per heavy atom. The summed E-state index contributed by atoms with van der Waals surface area (Å²) in [6, 6.07) is 10.0. The molecule has 1 amide bonds. The highest BCUT2D eigenvalue weighted by Crippen LogP contribution is 2.30. The molecule has 0 radical (unpaired) electrons. The van der Waals surface area contributed by atoms with Crippen molar-refractivity contribution in [1.82, 2.24) is 20.1 Å². The van der Waals surface area contributed by atoms with Crippen molar-refractivity contribution in [3.8, 4) is 0 Å². The maximum atomic E-state index is 12.9. The van der Waals surface area contributed by atoms with Crippen LogP contribution in [-0.2, 0) is 12.3 Å². The van der Waals surface area contributed by atoms with E-state index in [0.29, 0.717) is 43.8 Å². The largest absolute Gasteiger partial charge is 0.342 e. The molecule has 3 aromatic rings. The van der Waals surface area contributed by atoms with Crippen molar-refractivity contribution in [2.45, 2.75) is 44.3 Å². The van der Waals surface area contributed by atoms with Gasteiger partial charge in [0.25, 0.3) is 5.91 Å². The van der Waals surface area contributed by atoms with Crippen molar-refractivity contribution in [2.75, 3.05) is 0 Å². The van der Waals surface area contributed by atoms with Gasteiger partial charge in [0.05, 0.1) is 26.7 Å². The number of aromatic nitrogens is 3. The number of rotatable bonds is 8. The van der Waals surface area contributed by atoms with Crippen LogP contribution in [0.25, 0.3) is 0 Å². The summed E-state index contributed by atoms with van der Waals surface area (Å²) in [5.41, 5.74) is 1.39. The van der Waals surface area contributed by atoms with Crippen LogP contribution in [0.2, 0.25) is 20.1 Å². The van der Waals surface area contributed by atoms with Crippen LogP contribution < -0.4 is 5.32 Å². The van der Waals surface area contributed by atoms with Crippen molar-refractivity contribution < 1.29 is 4.79 Å². The van der Waals surface area contributed by atoms with Crippen LogP contribution in [0.1, 0.15) is 48.6 Å². The van der Waals surface area contributed by atoms with E-state index in [9.17, 15) is 4.79 Å².